The third kappa shape index (κ3) is 10.6. The Morgan fingerprint density at radius 3 is 2.20 bits per heavy atom. The SMILES string of the molecule is CC(C)(C)NC(=O)C1C[C@@H]2CCCC[C@@H]2CN1CC(O)C(Cc1ccccc1)NC(=O)[C@@H](NC(=O)COc1ccc2ccccc2c1)C(C)(C)S(C)(=O)=O. The van der Waals surface area contributed by atoms with Gasteiger partial charge >= 0.3 is 0 Å². The zero-order valence-electron chi connectivity index (χ0n) is 32.5. The van der Waals surface area contributed by atoms with Gasteiger partial charge in [-0.2, -0.15) is 0 Å². The van der Waals surface area contributed by atoms with Crippen molar-refractivity contribution in [2.45, 2.75) is 108 Å². The van der Waals surface area contributed by atoms with Crippen LogP contribution >= 0.6 is 0 Å². The number of nitrogens with one attached hydrogen (secondary N) is 3. The summed E-state index contributed by atoms with van der Waals surface area (Å²) in [6.45, 7) is 8.97. The van der Waals surface area contributed by atoms with Crippen LogP contribution in [-0.2, 0) is 30.6 Å². The molecule has 6 atom stereocenters. The number of benzene rings is 3. The predicted octanol–water partition coefficient (Wildman–Crippen LogP) is 4.41. The Bertz CT molecular complexity index is 1880. The van der Waals surface area contributed by atoms with Gasteiger partial charge < -0.3 is 25.8 Å². The van der Waals surface area contributed by atoms with E-state index in [-0.39, 0.29) is 18.9 Å². The Morgan fingerprint density at radius 2 is 1.54 bits per heavy atom. The number of hydrogen-bond acceptors (Lipinski definition) is 8. The fraction of sp³-hybridized carbons (Fsp3) is 0.548. The molecule has 1 saturated carbocycles. The highest BCUT2D eigenvalue weighted by molar-refractivity contribution is 7.92. The van der Waals surface area contributed by atoms with Gasteiger partial charge in [0.2, 0.25) is 11.8 Å². The van der Waals surface area contributed by atoms with Gasteiger partial charge in [0, 0.05) is 24.9 Å². The van der Waals surface area contributed by atoms with Crippen molar-refractivity contribution < 1.29 is 32.6 Å². The molecule has 3 unspecified atom stereocenters. The minimum absolute atomic E-state index is 0.0778. The summed E-state index contributed by atoms with van der Waals surface area (Å²) in [5, 5.41) is 22.6. The van der Waals surface area contributed by atoms with Crippen molar-refractivity contribution in [3.63, 3.8) is 0 Å². The molecule has 0 radical (unpaired) electrons. The lowest BCUT2D eigenvalue weighted by molar-refractivity contribution is -0.133. The molecule has 2 fully saturated rings. The van der Waals surface area contributed by atoms with Crippen molar-refractivity contribution in [1.82, 2.24) is 20.9 Å². The highest BCUT2D eigenvalue weighted by Crippen LogP contribution is 2.39. The van der Waals surface area contributed by atoms with Crippen LogP contribution in [0.4, 0.5) is 0 Å². The molecule has 1 aliphatic heterocycles. The first-order valence-corrected chi connectivity index (χ1v) is 21.0. The first-order valence-electron chi connectivity index (χ1n) is 19.1. The number of likely N-dealkylation sites (tertiary alicyclic amines) is 1. The minimum Gasteiger partial charge on any atom is -0.484 e. The van der Waals surface area contributed by atoms with E-state index in [0.29, 0.717) is 30.6 Å². The van der Waals surface area contributed by atoms with Crippen LogP contribution in [-0.4, -0.2) is 96.6 Å². The number of piperidine rings is 1. The average molecular weight is 763 g/mol. The van der Waals surface area contributed by atoms with Gasteiger partial charge in [0.1, 0.15) is 11.8 Å². The third-order valence-corrected chi connectivity index (χ3v) is 13.3. The topological polar surface area (TPSA) is 154 Å². The van der Waals surface area contributed by atoms with Gasteiger partial charge in [-0.25, -0.2) is 8.42 Å². The number of nitrogens with zero attached hydrogens (tertiary/aromatic N) is 1. The fourth-order valence-corrected chi connectivity index (χ4v) is 8.38. The number of sulfone groups is 1. The van der Waals surface area contributed by atoms with E-state index in [9.17, 15) is 27.9 Å². The van der Waals surface area contributed by atoms with Crippen molar-refractivity contribution in [3.8, 4) is 5.75 Å². The molecule has 3 aromatic carbocycles. The minimum atomic E-state index is -3.90. The van der Waals surface area contributed by atoms with Gasteiger partial charge in [-0.3, -0.25) is 19.3 Å². The summed E-state index contributed by atoms with van der Waals surface area (Å²) in [7, 11) is -3.90. The molecule has 1 aliphatic carbocycles. The fourth-order valence-electron chi connectivity index (χ4n) is 7.79. The van der Waals surface area contributed by atoms with Crippen LogP contribution in [0.5, 0.6) is 5.75 Å². The first-order chi connectivity index (χ1) is 25.4. The van der Waals surface area contributed by atoms with Gasteiger partial charge in [-0.1, -0.05) is 79.9 Å². The summed E-state index contributed by atoms with van der Waals surface area (Å²) >= 11 is 0. The molecule has 12 heteroatoms. The molecular weight excluding hydrogens is 705 g/mol. The van der Waals surface area contributed by atoms with Crippen LogP contribution in [0, 0.1) is 11.8 Å². The second-order valence-corrected chi connectivity index (χ2v) is 19.4. The number of aliphatic hydroxyl groups excluding tert-OH is 1. The maximum Gasteiger partial charge on any atom is 0.258 e. The van der Waals surface area contributed by atoms with Crippen molar-refractivity contribution >= 4 is 38.3 Å². The summed E-state index contributed by atoms with van der Waals surface area (Å²) < 4.78 is 30.3. The number of β-amino-alcohol motifs (C(OH)–C–C–N with tert-alkyl or cyclic N) is 1. The Labute approximate surface area is 320 Å². The molecule has 3 aromatic rings. The van der Waals surface area contributed by atoms with Crippen LogP contribution in [0.3, 0.4) is 0 Å². The number of ether oxygens (including phenoxy) is 1. The number of carbonyl (C=O) groups is 3. The standard InChI is InChI=1S/C42H58N4O7S/c1-41(2,3)45-39(49)35-24-31-18-12-13-19-32(31)25-46(35)26-36(47)34(22-28-14-8-7-9-15-28)43-40(50)38(42(4,5)54(6,51)52)44-37(48)27-53-33-21-20-29-16-10-11-17-30(29)23-33/h7-11,14-17,20-21,23,31-32,34-36,38,47H,12-13,18-19,22,24-27H2,1-6H3,(H,43,50)(H,44,48)(H,45,49)/t31-,32+,34?,35?,36?,38+/m0/s1. The second kappa shape index (κ2) is 17.2. The average Bonchev–Trinajstić information content (AvgIpc) is 3.11. The van der Waals surface area contributed by atoms with Gasteiger partial charge in [-0.05, 0) is 94.2 Å². The summed E-state index contributed by atoms with van der Waals surface area (Å²) in [5.41, 5.74) is 0.419. The molecule has 1 heterocycles. The maximum atomic E-state index is 14.3. The van der Waals surface area contributed by atoms with Gasteiger partial charge in [0.25, 0.3) is 5.91 Å². The summed E-state index contributed by atoms with van der Waals surface area (Å²) in [6.07, 6.45) is 5.28. The van der Waals surface area contributed by atoms with Crippen molar-refractivity contribution in [1.29, 1.82) is 0 Å². The lowest BCUT2D eigenvalue weighted by Gasteiger charge is -2.47. The monoisotopic (exact) mass is 762 g/mol. The van der Waals surface area contributed by atoms with Gasteiger partial charge in [0.15, 0.2) is 16.4 Å². The van der Waals surface area contributed by atoms with Crippen LogP contribution in [0.1, 0.15) is 72.3 Å². The van der Waals surface area contributed by atoms with E-state index >= 15 is 0 Å². The van der Waals surface area contributed by atoms with Crippen LogP contribution in [0.25, 0.3) is 10.8 Å². The third-order valence-electron chi connectivity index (χ3n) is 11.1. The lowest BCUT2D eigenvalue weighted by Crippen LogP contribution is -2.64. The zero-order valence-corrected chi connectivity index (χ0v) is 33.3. The molecule has 1 saturated heterocycles. The molecule has 3 amide bonds. The number of amides is 3. The van der Waals surface area contributed by atoms with Crippen molar-refractivity contribution in [2.75, 3.05) is 26.0 Å². The Morgan fingerprint density at radius 1 is 0.889 bits per heavy atom. The van der Waals surface area contributed by atoms with Crippen molar-refractivity contribution in [2.24, 2.45) is 11.8 Å². The quantitative estimate of drug-likeness (QED) is 0.189. The molecular formula is C42H58N4O7S. The Kier molecular flexibility index (Phi) is 13.1. The van der Waals surface area contributed by atoms with E-state index < -0.39 is 62.8 Å². The van der Waals surface area contributed by atoms with E-state index in [0.717, 1.165) is 48.3 Å². The predicted molar refractivity (Wildman–Crippen MR) is 212 cm³/mol. The molecule has 54 heavy (non-hydrogen) atoms. The van der Waals surface area contributed by atoms with E-state index in [2.05, 4.69) is 20.9 Å². The molecule has 2 aliphatic rings. The largest absolute Gasteiger partial charge is 0.484 e. The summed E-state index contributed by atoms with van der Waals surface area (Å²) in [5.74, 6) is -0.203. The van der Waals surface area contributed by atoms with Gasteiger partial charge in [-0.15, -0.1) is 0 Å². The number of rotatable bonds is 14. The number of hydrogen-bond donors (Lipinski definition) is 4. The smallest absolute Gasteiger partial charge is 0.258 e. The molecule has 0 bridgehead atoms. The van der Waals surface area contributed by atoms with E-state index in [1.165, 1.54) is 13.8 Å². The normalized spacial score (nSPS) is 21.3. The van der Waals surface area contributed by atoms with Crippen LogP contribution < -0.4 is 20.7 Å². The van der Waals surface area contributed by atoms with Gasteiger partial charge in [0.05, 0.1) is 22.9 Å². The highest BCUT2D eigenvalue weighted by Gasteiger charge is 2.46. The van der Waals surface area contributed by atoms with E-state index in [1.54, 1.807) is 12.1 Å². The molecule has 294 valence electrons. The first kappa shape index (κ1) is 41.2. The Balaban J connectivity index is 1.36. The zero-order chi connectivity index (χ0) is 39.3. The van der Waals surface area contributed by atoms with Crippen LogP contribution in [0.2, 0.25) is 0 Å². The molecule has 0 spiro atoms. The summed E-state index contributed by atoms with van der Waals surface area (Å²) in [4.78, 5) is 43.4. The number of aliphatic hydroxyl groups is 1. The maximum absolute atomic E-state index is 14.3. The number of carbonyl (C=O) groups excluding carboxylic acids is 3. The second-order valence-electron chi connectivity index (χ2n) is 16.8. The summed E-state index contributed by atoms with van der Waals surface area (Å²) in [6, 6.07) is 19.7. The van der Waals surface area contributed by atoms with E-state index in [1.807, 2.05) is 81.4 Å². The lowest BCUT2D eigenvalue weighted by atomic mass is 9.72. The number of fused-ring (bicyclic) bond motifs is 2. The molecule has 11 nitrogen and oxygen atoms in total. The van der Waals surface area contributed by atoms with Crippen LogP contribution in [0.15, 0.2) is 72.8 Å². The molecule has 0 aromatic heterocycles. The highest BCUT2D eigenvalue weighted by atomic mass is 32.2. The molecule has 5 rings (SSSR count). The van der Waals surface area contributed by atoms with E-state index in [4.69, 9.17) is 4.74 Å². The van der Waals surface area contributed by atoms with Crippen molar-refractivity contribution in [3.05, 3.63) is 78.4 Å². The molecule has 4 N–H and O–H groups in total. The Hall–Kier alpha value is -4.00.